The second-order valence-electron chi connectivity index (χ2n) is 7.35. The molecule has 0 radical (unpaired) electrons. The van der Waals surface area contributed by atoms with E-state index in [-0.39, 0.29) is 0 Å². The zero-order valence-corrected chi connectivity index (χ0v) is 16.3. The Hall–Kier alpha value is -3.34. The van der Waals surface area contributed by atoms with E-state index in [1.165, 1.54) is 0 Å². The van der Waals surface area contributed by atoms with Crippen molar-refractivity contribution >= 4 is 33.0 Å². The summed E-state index contributed by atoms with van der Waals surface area (Å²) in [6, 6.07) is 12.4. The van der Waals surface area contributed by atoms with Gasteiger partial charge < -0.3 is 4.57 Å². The number of imidazole rings is 1. The molecule has 5 nitrogen and oxygen atoms in total. The summed E-state index contributed by atoms with van der Waals surface area (Å²) in [6.45, 7) is 4.17. The highest BCUT2D eigenvalue weighted by atomic mass is 15.1. The third-order valence-electron chi connectivity index (χ3n) is 5.48. The van der Waals surface area contributed by atoms with E-state index in [4.69, 9.17) is 9.97 Å². The van der Waals surface area contributed by atoms with Crippen LogP contribution in [-0.4, -0.2) is 24.5 Å². The first-order valence-electron chi connectivity index (χ1n) is 9.52. The van der Waals surface area contributed by atoms with Crippen molar-refractivity contribution in [2.24, 2.45) is 7.05 Å². The van der Waals surface area contributed by atoms with Crippen molar-refractivity contribution in [2.75, 3.05) is 0 Å². The van der Waals surface area contributed by atoms with Crippen LogP contribution >= 0.6 is 0 Å². The maximum Gasteiger partial charge on any atom is 0.110 e. The van der Waals surface area contributed by atoms with Crippen LogP contribution in [0.5, 0.6) is 0 Å². The summed E-state index contributed by atoms with van der Waals surface area (Å²) in [6.07, 6.45) is 5.35. The normalized spacial score (nSPS) is 11.7. The van der Waals surface area contributed by atoms with Crippen LogP contribution in [0.4, 0.5) is 0 Å². The van der Waals surface area contributed by atoms with Crippen LogP contribution in [0, 0.1) is 13.8 Å². The lowest BCUT2D eigenvalue weighted by Gasteiger charge is -2.07. The van der Waals surface area contributed by atoms with Crippen molar-refractivity contribution in [1.29, 1.82) is 0 Å². The van der Waals surface area contributed by atoms with Crippen LogP contribution in [-0.2, 0) is 19.9 Å². The Morgan fingerprint density at radius 1 is 0.821 bits per heavy atom. The van der Waals surface area contributed by atoms with Gasteiger partial charge in [0.05, 0.1) is 33.3 Å². The van der Waals surface area contributed by atoms with Crippen LogP contribution in [0.1, 0.15) is 22.6 Å². The van der Waals surface area contributed by atoms with Gasteiger partial charge in [0.1, 0.15) is 5.82 Å². The molecule has 0 bridgehead atoms. The van der Waals surface area contributed by atoms with E-state index in [9.17, 15) is 0 Å². The van der Waals surface area contributed by atoms with E-state index < -0.39 is 0 Å². The van der Waals surface area contributed by atoms with Crippen molar-refractivity contribution in [1.82, 2.24) is 24.5 Å². The number of pyridine rings is 1. The van der Waals surface area contributed by atoms with E-state index in [1.54, 1.807) is 0 Å². The Kier molecular flexibility index (Phi) is 3.83. The molecule has 138 valence electrons. The first-order valence-corrected chi connectivity index (χ1v) is 9.52. The highest BCUT2D eigenvalue weighted by Gasteiger charge is 2.12. The number of aromatic nitrogens is 5. The van der Waals surface area contributed by atoms with E-state index in [0.29, 0.717) is 0 Å². The highest BCUT2D eigenvalue weighted by molar-refractivity contribution is 6.02. The molecular weight excluding hydrogens is 346 g/mol. The van der Waals surface area contributed by atoms with Gasteiger partial charge in [0.2, 0.25) is 0 Å². The molecule has 2 aromatic carbocycles. The average molecular weight is 367 g/mol. The Morgan fingerprint density at radius 3 is 2.50 bits per heavy atom. The van der Waals surface area contributed by atoms with Crippen molar-refractivity contribution in [3.63, 3.8) is 0 Å². The maximum atomic E-state index is 4.92. The summed E-state index contributed by atoms with van der Waals surface area (Å²) < 4.78 is 2.17. The zero-order valence-electron chi connectivity index (χ0n) is 16.3. The van der Waals surface area contributed by atoms with Crippen LogP contribution < -0.4 is 0 Å². The predicted molar refractivity (Wildman–Crippen MR) is 112 cm³/mol. The predicted octanol–water partition coefficient (Wildman–Crippen LogP) is 4.47. The number of benzene rings is 2. The third kappa shape index (κ3) is 2.62. The van der Waals surface area contributed by atoms with Crippen LogP contribution in [0.2, 0.25) is 0 Å². The van der Waals surface area contributed by atoms with Crippen LogP contribution in [0.3, 0.4) is 0 Å². The maximum absolute atomic E-state index is 4.92. The first-order chi connectivity index (χ1) is 13.6. The lowest BCUT2D eigenvalue weighted by molar-refractivity contribution is 0.775. The number of aryl methyl sites for hydroxylation is 5. The van der Waals surface area contributed by atoms with Gasteiger partial charge in [0, 0.05) is 31.2 Å². The molecule has 0 fully saturated rings. The van der Waals surface area contributed by atoms with Crippen LogP contribution in [0.25, 0.3) is 33.0 Å². The second-order valence-corrected chi connectivity index (χ2v) is 7.35. The van der Waals surface area contributed by atoms with Gasteiger partial charge in [-0.1, -0.05) is 12.1 Å². The molecule has 28 heavy (non-hydrogen) atoms. The fraction of sp³-hybridized carbons (Fsp3) is 0.217. The zero-order chi connectivity index (χ0) is 19.3. The van der Waals surface area contributed by atoms with Gasteiger partial charge in [-0.3, -0.25) is 9.97 Å². The molecule has 0 atom stereocenters. The molecule has 0 saturated heterocycles. The van der Waals surface area contributed by atoms with Gasteiger partial charge in [0.25, 0.3) is 0 Å². The number of hydrogen-bond acceptors (Lipinski definition) is 4. The van der Waals surface area contributed by atoms with Crippen molar-refractivity contribution < 1.29 is 0 Å². The molecule has 5 rings (SSSR count). The monoisotopic (exact) mass is 367 g/mol. The second kappa shape index (κ2) is 6.37. The average Bonchev–Trinajstić information content (AvgIpc) is 3.05. The number of hydrogen-bond donors (Lipinski definition) is 0. The minimum atomic E-state index is 0.809. The summed E-state index contributed by atoms with van der Waals surface area (Å²) in [5.41, 5.74) is 8.44. The largest absolute Gasteiger partial charge is 0.331 e. The molecule has 3 aromatic heterocycles. The Bertz CT molecular complexity index is 1350. The fourth-order valence-corrected chi connectivity index (χ4v) is 3.84. The molecule has 5 heteroatoms. The molecule has 3 heterocycles. The lowest BCUT2D eigenvalue weighted by Crippen LogP contribution is -2.03. The van der Waals surface area contributed by atoms with E-state index in [1.807, 2.05) is 18.5 Å². The third-order valence-corrected chi connectivity index (χ3v) is 5.48. The number of nitrogens with zero attached hydrogens (tertiary/aromatic N) is 5. The van der Waals surface area contributed by atoms with Gasteiger partial charge in [-0.25, -0.2) is 9.97 Å². The minimum Gasteiger partial charge on any atom is -0.331 e. The van der Waals surface area contributed by atoms with Gasteiger partial charge in [0.15, 0.2) is 0 Å². The first kappa shape index (κ1) is 16.8. The Balaban J connectivity index is 1.51. The topological polar surface area (TPSA) is 56.5 Å². The minimum absolute atomic E-state index is 0.809. The summed E-state index contributed by atoms with van der Waals surface area (Å²) in [7, 11) is 2.08. The summed E-state index contributed by atoms with van der Waals surface area (Å²) in [5.74, 6) is 1.05. The summed E-state index contributed by atoms with van der Waals surface area (Å²) in [4.78, 5) is 18.9. The lowest BCUT2D eigenvalue weighted by atomic mass is 10.1. The quantitative estimate of drug-likeness (QED) is 0.472. The standard InChI is InChI=1S/C23H21N5/c1-14-6-7-15(2)22-21(14)25-13-16(26-22)8-11-20-27-23-17-5-4-12-24-18(17)9-10-19(23)28(20)3/h4-7,9-10,12-13H,8,11H2,1-3H3. The molecule has 0 aliphatic heterocycles. The summed E-state index contributed by atoms with van der Waals surface area (Å²) >= 11 is 0. The number of fused-ring (bicyclic) bond motifs is 4. The highest BCUT2D eigenvalue weighted by Crippen LogP contribution is 2.24. The van der Waals surface area contributed by atoms with Crippen molar-refractivity contribution in [3.05, 3.63) is 71.4 Å². The fourth-order valence-electron chi connectivity index (χ4n) is 3.84. The number of rotatable bonds is 3. The SMILES string of the molecule is Cc1ccc(C)c2nc(CCc3nc4c5cccnc5ccc4n3C)cnc12. The molecule has 0 spiro atoms. The van der Waals surface area contributed by atoms with E-state index in [0.717, 1.165) is 68.5 Å². The van der Waals surface area contributed by atoms with Crippen molar-refractivity contribution in [3.8, 4) is 0 Å². The van der Waals surface area contributed by atoms with Crippen LogP contribution in [0.15, 0.2) is 48.8 Å². The van der Waals surface area contributed by atoms with Crippen molar-refractivity contribution in [2.45, 2.75) is 26.7 Å². The molecule has 0 amide bonds. The molecule has 0 N–H and O–H groups in total. The van der Waals surface area contributed by atoms with Gasteiger partial charge in [-0.2, -0.15) is 0 Å². The Labute approximate surface area is 163 Å². The molecule has 0 unspecified atom stereocenters. The van der Waals surface area contributed by atoms with E-state index in [2.05, 4.69) is 65.8 Å². The smallest absolute Gasteiger partial charge is 0.110 e. The van der Waals surface area contributed by atoms with E-state index >= 15 is 0 Å². The molecule has 5 aromatic rings. The van der Waals surface area contributed by atoms with Gasteiger partial charge in [-0.15, -0.1) is 0 Å². The Morgan fingerprint density at radius 2 is 1.64 bits per heavy atom. The van der Waals surface area contributed by atoms with Gasteiger partial charge in [-0.05, 0) is 55.7 Å². The summed E-state index contributed by atoms with van der Waals surface area (Å²) in [5, 5.41) is 1.10. The molecular formula is C23H21N5. The molecule has 0 saturated carbocycles. The molecule has 0 aliphatic rings. The van der Waals surface area contributed by atoms with Gasteiger partial charge >= 0.3 is 0 Å². The molecule has 0 aliphatic carbocycles.